The summed E-state index contributed by atoms with van der Waals surface area (Å²) in [5.74, 6) is 0. The van der Waals surface area contributed by atoms with Gasteiger partial charge in [-0.25, -0.2) is 0 Å². The molecule has 1 nitrogen and oxygen atoms in total. The number of hydrogen-bond donors (Lipinski definition) is 1. The van der Waals surface area contributed by atoms with E-state index in [9.17, 15) is 0 Å². The van der Waals surface area contributed by atoms with E-state index in [1.165, 1.54) is 19.3 Å². The van der Waals surface area contributed by atoms with Gasteiger partial charge in [0.2, 0.25) is 0 Å². The van der Waals surface area contributed by atoms with Gasteiger partial charge in [0.1, 0.15) is 0 Å². The summed E-state index contributed by atoms with van der Waals surface area (Å²) in [5, 5.41) is 4.03. The van der Waals surface area contributed by atoms with Crippen LogP contribution in [0.3, 0.4) is 0 Å². The normalized spacial score (nSPS) is 20.2. The Morgan fingerprint density at radius 3 is 2.67 bits per heavy atom. The van der Waals surface area contributed by atoms with Crippen LogP contribution in [-0.4, -0.2) is 24.1 Å². The van der Waals surface area contributed by atoms with Gasteiger partial charge < -0.3 is 5.32 Å². The third-order valence-corrected chi connectivity index (χ3v) is 4.01. The minimum absolute atomic E-state index is 0.506. The highest BCUT2D eigenvalue weighted by Crippen LogP contribution is 2.42. The van der Waals surface area contributed by atoms with Gasteiger partial charge in [-0.3, -0.25) is 0 Å². The average Bonchev–Trinajstić information content (AvgIpc) is 1.94. The summed E-state index contributed by atoms with van der Waals surface area (Å²) >= 11 is 7.62. The van der Waals surface area contributed by atoms with Crippen molar-refractivity contribution in [1.82, 2.24) is 5.32 Å². The van der Waals surface area contributed by atoms with Crippen LogP contribution in [0.1, 0.15) is 19.3 Å². The zero-order valence-electron chi connectivity index (χ0n) is 7.53. The average molecular weight is 206 g/mol. The van der Waals surface area contributed by atoms with Gasteiger partial charge in [0.25, 0.3) is 0 Å². The van der Waals surface area contributed by atoms with Gasteiger partial charge in [0, 0.05) is 22.9 Å². The molecule has 1 aliphatic rings. The first-order chi connectivity index (χ1) is 5.68. The van der Waals surface area contributed by atoms with Crippen LogP contribution in [0.25, 0.3) is 0 Å². The molecule has 0 unspecified atom stereocenters. The highest BCUT2D eigenvalue weighted by molar-refractivity contribution is 8.00. The maximum atomic E-state index is 5.65. The van der Waals surface area contributed by atoms with Crippen molar-refractivity contribution in [1.29, 1.82) is 0 Å². The fourth-order valence-electron chi connectivity index (χ4n) is 1.45. The van der Waals surface area contributed by atoms with E-state index in [0.717, 1.165) is 13.1 Å². The Labute approximate surface area is 83.9 Å². The summed E-state index contributed by atoms with van der Waals surface area (Å²) in [6.45, 7) is 5.45. The molecule has 0 aromatic heterocycles. The summed E-state index contributed by atoms with van der Waals surface area (Å²) in [5.41, 5.74) is 0. The number of halogens is 1. The Hall–Kier alpha value is 0.340. The van der Waals surface area contributed by atoms with E-state index in [0.29, 0.717) is 9.78 Å². The SMILES string of the molecule is C=C(Cl)CNCC1(SC)CCC1. The van der Waals surface area contributed by atoms with Crippen LogP contribution < -0.4 is 5.32 Å². The van der Waals surface area contributed by atoms with Crippen molar-refractivity contribution >= 4 is 23.4 Å². The minimum Gasteiger partial charge on any atom is -0.310 e. The molecule has 0 bridgehead atoms. The Morgan fingerprint density at radius 2 is 2.33 bits per heavy atom. The third-order valence-electron chi connectivity index (χ3n) is 2.46. The molecule has 1 saturated carbocycles. The molecule has 12 heavy (non-hydrogen) atoms. The lowest BCUT2D eigenvalue weighted by molar-refractivity contribution is 0.350. The molecule has 1 N–H and O–H groups in total. The van der Waals surface area contributed by atoms with Crippen LogP contribution >= 0.6 is 23.4 Å². The molecule has 3 heteroatoms. The number of rotatable bonds is 5. The summed E-state index contributed by atoms with van der Waals surface area (Å²) < 4.78 is 0.506. The number of hydrogen-bond acceptors (Lipinski definition) is 2. The molecule has 0 saturated heterocycles. The molecule has 1 aliphatic carbocycles. The first kappa shape index (κ1) is 10.4. The van der Waals surface area contributed by atoms with Crippen molar-refractivity contribution in [2.24, 2.45) is 0 Å². The smallest absolute Gasteiger partial charge is 0.0308 e. The van der Waals surface area contributed by atoms with E-state index in [1.54, 1.807) is 0 Å². The molecule has 70 valence electrons. The second-order valence-electron chi connectivity index (χ2n) is 3.36. The quantitative estimate of drug-likeness (QED) is 0.741. The Balaban J connectivity index is 2.16. The van der Waals surface area contributed by atoms with Crippen molar-refractivity contribution in [3.05, 3.63) is 11.6 Å². The fraction of sp³-hybridized carbons (Fsp3) is 0.778. The van der Waals surface area contributed by atoms with Gasteiger partial charge in [-0.05, 0) is 19.1 Å². The standard InChI is InChI=1S/C9H16ClNS/c1-8(10)6-11-7-9(12-2)4-3-5-9/h11H,1,3-7H2,2H3. The number of thioether (sulfide) groups is 1. The predicted octanol–water partition coefficient (Wildman–Crippen LogP) is 2.61. The molecule has 0 radical (unpaired) electrons. The molecule has 0 aromatic rings. The van der Waals surface area contributed by atoms with Gasteiger partial charge in [0.15, 0.2) is 0 Å². The lowest BCUT2D eigenvalue weighted by Crippen LogP contribution is -2.43. The van der Waals surface area contributed by atoms with Gasteiger partial charge in [0.05, 0.1) is 0 Å². The molecule has 0 aromatic carbocycles. The summed E-state index contributed by atoms with van der Waals surface area (Å²) in [6, 6.07) is 0. The molecule has 0 amide bonds. The number of nitrogens with one attached hydrogen (secondary N) is 1. The maximum absolute atomic E-state index is 5.65. The molecule has 1 fully saturated rings. The second-order valence-corrected chi connectivity index (χ2v) is 5.17. The van der Waals surface area contributed by atoms with E-state index in [1.807, 2.05) is 11.8 Å². The largest absolute Gasteiger partial charge is 0.310 e. The van der Waals surface area contributed by atoms with Gasteiger partial charge >= 0.3 is 0 Å². The summed E-state index contributed by atoms with van der Waals surface area (Å²) in [4.78, 5) is 0. The monoisotopic (exact) mass is 205 g/mol. The lowest BCUT2D eigenvalue weighted by atomic mass is 9.84. The molecular weight excluding hydrogens is 190 g/mol. The van der Waals surface area contributed by atoms with Crippen LogP contribution in [0.5, 0.6) is 0 Å². The zero-order valence-corrected chi connectivity index (χ0v) is 9.10. The van der Waals surface area contributed by atoms with Crippen molar-refractivity contribution in [3.8, 4) is 0 Å². The highest BCUT2D eigenvalue weighted by atomic mass is 35.5. The van der Waals surface area contributed by atoms with E-state index in [2.05, 4.69) is 18.2 Å². The summed E-state index contributed by atoms with van der Waals surface area (Å²) in [7, 11) is 0. The first-order valence-corrected chi connectivity index (χ1v) is 5.88. The van der Waals surface area contributed by atoms with Crippen molar-refractivity contribution in [2.45, 2.75) is 24.0 Å². The van der Waals surface area contributed by atoms with Crippen LogP contribution in [0.15, 0.2) is 11.6 Å². The molecule has 0 aliphatic heterocycles. The van der Waals surface area contributed by atoms with Gasteiger partial charge in [-0.15, -0.1) is 0 Å². The Kier molecular flexibility index (Phi) is 3.94. The van der Waals surface area contributed by atoms with Crippen LogP contribution in [0.2, 0.25) is 0 Å². The van der Waals surface area contributed by atoms with Crippen LogP contribution in [-0.2, 0) is 0 Å². The molecule has 1 rings (SSSR count). The minimum atomic E-state index is 0.506. The van der Waals surface area contributed by atoms with E-state index >= 15 is 0 Å². The lowest BCUT2D eigenvalue weighted by Gasteiger charge is -2.40. The van der Waals surface area contributed by atoms with E-state index < -0.39 is 0 Å². The van der Waals surface area contributed by atoms with Crippen molar-refractivity contribution in [2.75, 3.05) is 19.3 Å². The second kappa shape index (κ2) is 4.54. The zero-order chi connectivity index (χ0) is 9.03. The fourth-order valence-corrected chi connectivity index (χ4v) is 2.49. The van der Waals surface area contributed by atoms with Crippen LogP contribution in [0.4, 0.5) is 0 Å². The Bertz CT molecular complexity index is 160. The molecule has 0 heterocycles. The first-order valence-electron chi connectivity index (χ1n) is 4.28. The van der Waals surface area contributed by atoms with Gasteiger partial charge in [-0.2, -0.15) is 11.8 Å². The van der Waals surface area contributed by atoms with Crippen molar-refractivity contribution < 1.29 is 0 Å². The molecule has 0 spiro atoms. The van der Waals surface area contributed by atoms with E-state index in [4.69, 9.17) is 11.6 Å². The molecular formula is C9H16ClNS. The topological polar surface area (TPSA) is 12.0 Å². The maximum Gasteiger partial charge on any atom is 0.0308 e. The third kappa shape index (κ3) is 2.68. The Morgan fingerprint density at radius 1 is 1.67 bits per heavy atom. The van der Waals surface area contributed by atoms with Gasteiger partial charge in [-0.1, -0.05) is 24.6 Å². The van der Waals surface area contributed by atoms with Crippen LogP contribution in [0, 0.1) is 0 Å². The highest BCUT2D eigenvalue weighted by Gasteiger charge is 2.35. The molecule has 0 atom stereocenters. The summed E-state index contributed by atoms with van der Waals surface area (Å²) in [6.07, 6.45) is 6.26. The van der Waals surface area contributed by atoms with E-state index in [-0.39, 0.29) is 0 Å². The van der Waals surface area contributed by atoms with Crippen molar-refractivity contribution in [3.63, 3.8) is 0 Å². The predicted molar refractivity (Wildman–Crippen MR) is 58.0 cm³/mol.